The van der Waals surface area contributed by atoms with Crippen molar-refractivity contribution in [2.75, 3.05) is 5.12 Å². The van der Waals surface area contributed by atoms with Gasteiger partial charge in [0.05, 0.1) is 33.1 Å². The zero-order valence-corrected chi connectivity index (χ0v) is 19.8. The van der Waals surface area contributed by atoms with Crippen molar-refractivity contribution in [3.05, 3.63) is 90.1 Å². The van der Waals surface area contributed by atoms with Crippen LogP contribution in [0.25, 0.3) is 32.4 Å². The van der Waals surface area contributed by atoms with Crippen molar-refractivity contribution in [1.82, 2.24) is 24.8 Å². The summed E-state index contributed by atoms with van der Waals surface area (Å²) in [6.07, 6.45) is 1.79. The minimum absolute atomic E-state index is 0.543. The van der Waals surface area contributed by atoms with E-state index in [-0.39, 0.29) is 0 Å². The average Bonchev–Trinajstić information content (AvgIpc) is 3.50. The number of hydrogen-bond acceptors (Lipinski definition) is 8. The number of thiazole rings is 1. The van der Waals surface area contributed by atoms with Gasteiger partial charge in [0.2, 0.25) is 0 Å². The first-order valence-corrected chi connectivity index (χ1v) is 12.3. The zero-order valence-electron chi connectivity index (χ0n) is 18.2. The molecule has 0 saturated heterocycles. The van der Waals surface area contributed by atoms with E-state index < -0.39 is 0 Å². The van der Waals surface area contributed by atoms with Crippen LogP contribution in [0.4, 0.5) is 5.82 Å². The Morgan fingerprint density at radius 1 is 0.971 bits per heavy atom. The average molecular weight is 482 g/mol. The highest BCUT2D eigenvalue weighted by molar-refractivity contribution is 7.99. The Morgan fingerprint density at radius 3 is 2.79 bits per heavy atom. The highest BCUT2D eigenvalue weighted by Crippen LogP contribution is 2.32. The molecule has 3 aromatic carbocycles. The fourth-order valence-electron chi connectivity index (χ4n) is 3.76. The van der Waals surface area contributed by atoms with Gasteiger partial charge in [-0.3, -0.25) is 0 Å². The van der Waals surface area contributed by atoms with Crippen molar-refractivity contribution in [2.45, 2.75) is 17.0 Å². The number of hydrazine groups is 1. The van der Waals surface area contributed by atoms with Gasteiger partial charge < -0.3 is 0 Å². The number of fused-ring (bicyclic) bond motifs is 2. The van der Waals surface area contributed by atoms with Gasteiger partial charge in [-0.15, -0.1) is 11.3 Å². The van der Waals surface area contributed by atoms with Gasteiger partial charge in [-0.1, -0.05) is 42.0 Å². The van der Waals surface area contributed by atoms with Gasteiger partial charge in [0.15, 0.2) is 11.0 Å². The summed E-state index contributed by atoms with van der Waals surface area (Å²) in [7, 11) is 0. The summed E-state index contributed by atoms with van der Waals surface area (Å²) in [6, 6.07) is 24.2. The molecule has 3 heterocycles. The lowest BCUT2D eigenvalue weighted by Crippen LogP contribution is -2.38. The highest BCUT2D eigenvalue weighted by Gasteiger charge is 2.16. The summed E-state index contributed by atoms with van der Waals surface area (Å²) >= 11 is 3.11. The second kappa shape index (κ2) is 8.53. The smallest absolute Gasteiger partial charge is 0.195 e. The molecule has 166 valence electrons. The van der Waals surface area contributed by atoms with Crippen LogP contribution < -0.4 is 11.0 Å². The molecule has 0 aliphatic carbocycles. The molecule has 34 heavy (non-hydrogen) atoms. The number of nitrogens with zero attached hydrogens (tertiary/aromatic N) is 6. The molecule has 0 radical (unpaired) electrons. The van der Waals surface area contributed by atoms with Gasteiger partial charge in [-0.2, -0.15) is 15.0 Å². The van der Waals surface area contributed by atoms with Crippen LogP contribution in [0.5, 0.6) is 0 Å². The number of rotatable bonds is 5. The molecule has 3 aromatic heterocycles. The fourth-order valence-corrected chi connectivity index (χ4v) is 5.36. The molecule has 0 atom stereocenters. The molecule has 9 heteroatoms. The van der Waals surface area contributed by atoms with E-state index in [2.05, 4.69) is 35.2 Å². The lowest BCUT2D eigenvalue weighted by Gasteiger charge is -2.19. The number of benzene rings is 3. The number of aromatic nitrogens is 5. The summed E-state index contributed by atoms with van der Waals surface area (Å²) in [5.41, 5.74) is 6.69. The quantitative estimate of drug-likeness (QED) is 0.192. The topological polar surface area (TPSA) is 85.8 Å². The molecule has 0 bridgehead atoms. The van der Waals surface area contributed by atoms with Crippen molar-refractivity contribution < 1.29 is 0 Å². The van der Waals surface area contributed by atoms with E-state index >= 15 is 0 Å². The number of hydrogen-bond donors (Lipinski definition) is 1. The Balaban J connectivity index is 1.45. The minimum Gasteiger partial charge on any atom is -0.245 e. The van der Waals surface area contributed by atoms with E-state index in [1.54, 1.807) is 22.3 Å². The van der Waals surface area contributed by atoms with E-state index in [9.17, 15) is 0 Å². The van der Waals surface area contributed by atoms with Crippen LogP contribution in [0.3, 0.4) is 0 Å². The molecular weight excluding hydrogens is 462 g/mol. The van der Waals surface area contributed by atoms with E-state index in [1.807, 2.05) is 60.1 Å². The number of anilines is 1. The Bertz CT molecular complexity index is 1640. The van der Waals surface area contributed by atoms with Crippen LogP contribution in [0.1, 0.15) is 5.56 Å². The van der Waals surface area contributed by atoms with E-state index in [4.69, 9.17) is 15.8 Å². The van der Waals surface area contributed by atoms with Crippen molar-refractivity contribution >= 4 is 50.0 Å². The second-order valence-corrected chi connectivity index (χ2v) is 9.71. The van der Waals surface area contributed by atoms with Gasteiger partial charge in [0, 0.05) is 21.9 Å². The Morgan fingerprint density at radius 2 is 1.88 bits per heavy atom. The third-order valence-corrected chi connectivity index (χ3v) is 7.06. The van der Waals surface area contributed by atoms with Crippen LogP contribution in [0.15, 0.2) is 94.6 Å². The first kappa shape index (κ1) is 20.8. The summed E-state index contributed by atoms with van der Waals surface area (Å²) in [5, 5.41) is 7.53. The molecule has 0 saturated carbocycles. The second-order valence-electron chi connectivity index (χ2n) is 7.78. The molecule has 0 aliphatic rings. The Hall–Kier alpha value is -3.79. The molecule has 6 aromatic rings. The summed E-state index contributed by atoms with van der Waals surface area (Å²) in [5.74, 6) is 7.10. The van der Waals surface area contributed by atoms with Gasteiger partial charge in [0.25, 0.3) is 0 Å². The first-order chi connectivity index (χ1) is 16.6. The number of para-hydroxylation sites is 1. The maximum Gasteiger partial charge on any atom is 0.195 e. The summed E-state index contributed by atoms with van der Waals surface area (Å²) < 4.78 is 1.13. The Kier molecular flexibility index (Phi) is 5.21. The van der Waals surface area contributed by atoms with Crippen LogP contribution >= 0.6 is 23.1 Å². The van der Waals surface area contributed by atoms with E-state index in [0.29, 0.717) is 11.0 Å². The normalized spacial score (nSPS) is 11.4. The molecule has 0 amide bonds. The van der Waals surface area contributed by atoms with Crippen LogP contribution in [0.2, 0.25) is 0 Å². The number of nitrogens with two attached hydrogens (primary N) is 1. The van der Waals surface area contributed by atoms with Crippen molar-refractivity contribution in [3.8, 4) is 11.3 Å². The van der Waals surface area contributed by atoms with Crippen molar-refractivity contribution in [2.24, 2.45) is 5.84 Å². The molecule has 6 rings (SSSR count). The van der Waals surface area contributed by atoms with Gasteiger partial charge in [0.1, 0.15) is 0 Å². The molecule has 0 unspecified atom stereocenters. The fraction of sp³-hybridized carbons (Fsp3) is 0.0400. The summed E-state index contributed by atoms with van der Waals surface area (Å²) in [4.78, 5) is 16.7. The zero-order chi connectivity index (χ0) is 23.1. The molecule has 0 aliphatic heterocycles. The van der Waals surface area contributed by atoms with E-state index in [0.717, 1.165) is 42.8 Å². The van der Waals surface area contributed by atoms with Crippen LogP contribution in [0, 0.1) is 6.92 Å². The molecular formula is C25H19N7S2. The highest BCUT2D eigenvalue weighted by atomic mass is 32.2. The van der Waals surface area contributed by atoms with Crippen LogP contribution in [-0.2, 0) is 0 Å². The maximum atomic E-state index is 6.55. The predicted octanol–water partition coefficient (Wildman–Crippen LogP) is 5.71. The molecule has 0 fully saturated rings. The van der Waals surface area contributed by atoms with Gasteiger partial charge in [-0.25, -0.2) is 20.8 Å². The maximum absolute atomic E-state index is 6.55. The standard InChI is InChI=1S/C25H19N7S2/c1-16-5-4-7-17(11-16)21-13-24(31(26)32-22-8-3-2-6-18(22)14-28-32)30-25(29-21)34-19-9-10-20-23(12-19)33-15-27-20/h2-15H,26H2,1H3. The SMILES string of the molecule is Cc1cccc(-c2cc(N(N)n3ncc4ccccc43)nc(Sc3ccc4ncsc4c3)n2)c1. The lowest BCUT2D eigenvalue weighted by atomic mass is 10.1. The molecule has 0 spiro atoms. The Labute approximate surface area is 203 Å². The lowest BCUT2D eigenvalue weighted by molar-refractivity contribution is 0.641. The van der Waals surface area contributed by atoms with Gasteiger partial charge >= 0.3 is 0 Å². The van der Waals surface area contributed by atoms with Crippen LogP contribution in [-0.4, -0.2) is 24.8 Å². The molecule has 2 N–H and O–H groups in total. The first-order valence-electron chi connectivity index (χ1n) is 10.6. The monoisotopic (exact) mass is 481 g/mol. The van der Waals surface area contributed by atoms with Crippen molar-refractivity contribution in [1.29, 1.82) is 0 Å². The predicted molar refractivity (Wildman–Crippen MR) is 138 cm³/mol. The third-order valence-electron chi connectivity index (χ3n) is 5.42. The third kappa shape index (κ3) is 3.90. The number of aryl methyl sites for hydroxylation is 1. The molecule has 7 nitrogen and oxygen atoms in total. The summed E-state index contributed by atoms with van der Waals surface area (Å²) in [6.45, 7) is 2.07. The van der Waals surface area contributed by atoms with Gasteiger partial charge in [-0.05, 0) is 49.0 Å². The van der Waals surface area contributed by atoms with E-state index in [1.165, 1.54) is 16.9 Å². The minimum atomic E-state index is 0.543. The van der Waals surface area contributed by atoms with Crippen molar-refractivity contribution in [3.63, 3.8) is 0 Å². The largest absolute Gasteiger partial charge is 0.245 e.